The minimum atomic E-state index is 0.0262. The number of hydrogen-bond donors (Lipinski definition) is 1. The van der Waals surface area contributed by atoms with Crippen LogP contribution in [0.15, 0.2) is 18.2 Å². The Morgan fingerprint density at radius 3 is 2.76 bits per heavy atom. The Kier molecular flexibility index (Phi) is 7.00. The summed E-state index contributed by atoms with van der Waals surface area (Å²) in [5, 5.41) is 3.05. The number of nitrogens with zero attached hydrogens (tertiary/aromatic N) is 1. The van der Waals surface area contributed by atoms with E-state index in [1.54, 1.807) is 14.0 Å². The van der Waals surface area contributed by atoms with E-state index >= 15 is 0 Å². The molecule has 1 amide bonds. The fraction of sp³-hybridized carbons (Fsp3) is 0.600. The predicted octanol–water partition coefficient (Wildman–Crippen LogP) is 2.88. The average Bonchev–Trinajstić information content (AvgIpc) is 2.59. The van der Waals surface area contributed by atoms with Crippen molar-refractivity contribution >= 4 is 11.7 Å². The SMILES string of the molecule is COc1ccc(C(C)=O)cc1CN1CCC[C@H](CNC(=O)C(C)C)C1. The molecule has 0 radical (unpaired) electrons. The number of Topliss-reactive ketones (excluding diaryl/α,β-unsaturated/α-hetero) is 1. The summed E-state index contributed by atoms with van der Waals surface area (Å²) in [5.41, 5.74) is 1.76. The molecule has 1 aliphatic rings. The van der Waals surface area contributed by atoms with Crippen molar-refractivity contribution in [3.05, 3.63) is 29.3 Å². The van der Waals surface area contributed by atoms with Gasteiger partial charge in [0.15, 0.2) is 5.78 Å². The van der Waals surface area contributed by atoms with Crippen molar-refractivity contribution in [1.29, 1.82) is 0 Å². The van der Waals surface area contributed by atoms with Crippen molar-refractivity contribution in [2.24, 2.45) is 11.8 Å². The summed E-state index contributed by atoms with van der Waals surface area (Å²) >= 11 is 0. The lowest BCUT2D eigenvalue weighted by molar-refractivity contribution is -0.124. The van der Waals surface area contributed by atoms with Gasteiger partial charge in [-0.05, 0) is 50.4 Å². The van der Waals surface area contributed by atoms with Crippen LogP contribution in [0.3, 0.4) is 0 Å². The van der Waals surface area contributed by atoms with E-state index in [1.165, 1.54) is 0 Å². The largest absolute Gasteiger partial charge is 0.496 e. The Balaban J connectivity index is 1.99. The van der Waals surface area contributed by atoms with Crippen LogP contribution in [0.25, 0.3) is 0 Å². The molecule has 0 unspecified atom stereocenters. The molecule has 0 spiro atoms. The third-order valence-corrected chi connectivity index (χ3v) is 4.77. The quantitative estimate of drug-likeness (QED) is 0.771. The molecule has 5 heteroatoms. The van der Waals surface area contributed by atoms with Crippen LogP contribution in [0, 0.1) is 11.8 Å². The summed E-state index contributed by atoms with van der Waals surface area (Å²) in [6, 6.07) is 5.62. The van der Waals surface area contributed by atoms with E-state index in [9.17, 15) is 9.59 Å². The lowest BCUT2D eigenvalue weighted by Gasteiger charge is -2.33. The zero-order valence-electron chi connectivity index (χ0n) is 15.8. The number of likely N-dealkylation sites (tertiary alicyclic amines) is 1. The topological polar surface area (TPSA) is 58.6 Å². The molecule has 138 valence electrons. The third-order valence-electron chi connectivity index (χ3n) is 4.77. The third kappa shape index (κ3) is 5.56. The summed E-state index contributed by atoms with van der Waals surface area (Å²) in [7, 11) is 1.66. The number of carbonyl (C=O) groups is 2. The van der Waals surface area contributed by atoms with Crippen LogP contribution in [0.4, 0.5) is 0 Å². The fourth-order valence-electron chi connectivity index (χ4n) is 3.27. The van der Waals surface area contributed by atoms with Crippen LogP contribution in [-0.4, -0.2) is 43.3 Å². The predicted molar refractivity (Wildman–Crippen MR) is 98.8 cm³/mol. The summed E-state index contributed by atoms with van der Waals surface area (Å²) in [6.45, 7) is 8.89. The molecule has 1 aromatic rings. The normalized spacial score (nSPS) is 18.2. The van der Waals surface area contributed by atoms with Crippen LogP contribution < -0.4 is 10.1 Å². The zero-order valence-corrected chi connectivity index (χ0v) is 15.8. The second-order valence-electron chi connectivity index (χ2n) is 7.23. The molecule has 1 saturated heterocycles. The summed E-state index contributed by atoms with van der Waals surface area (Å²) in [4.78, 5) is 25.8. The molecule has 25 heavy (non-hydrogen) atoms. The molecule has 1 heterocycles. The highest BCUT2D eigenvalue weighted by Crippen LogP contribution is 2.25. The van der Waals surface area contributed by atoms with E-state index in [0.29, 0.717) is 11.5 Å². The lowest BCUT2D eigenvalue weighted by atomic mass is 9.96. The molecule has 1 fully saturated rings. The van der Waals surface area contributed by atoms with Gasteiger partial charge in [-0.2, -0.15) is 0 Å². The molecule has 0 aliphatic carbocycles. The van der Waals surface area contributed by atoms with Gasteiger partial charge < -0.3 is 10.1 Å². The summed E-state index contributed by atoms with van der Waals surface area (Å²) < 4.78 is 5.46. The van der Waals surface area contributed by atoms with Crippen molar-refractivity contribution in [1.82, 2.24) is 10.2 Å². The number of ketones is 1. The summed E-state index contributed by atoms with van der Waals surface area (Å²) in [5.74, 6) is 1.50. The second kappa shape index (κ2) is 8.99. The molecular weight excluding hydrogens is 316 g/mol. The minimum Gasteiger partial charge on any atom is -0.496 e. The van der Waals surface area contributed by atoms with Crippen LogP contribution in [0.5, 0.6) is 5.75 Å². The molecule has 1 N–H and O–H groups in total. The Morgan fingerprint density at radius 1 is 1.36 bits per heavy atom. The molecule has 5 nitrogen and oxygen atoms in total. The number of amides is 1. The van der Waals surface area contributed by atoms with Crippen LogP contribution in [0.1, 0.15) is 49.5 Å². The highest BCUT2D eigenvalue weighted by molar-refractivity contribution is 5.94. The maximum Gasteiger partial charge on any atom is 0.222 e. The first-order chi connectivity index (χ1) is 11.9. The molecule has 2 rings (SSSR count). The Bertz CT molecular complexity index is 613. The highest BCUT2D eigenvalue weighted by Gasteiger charge is 2.22. The van der Waals surface area contributed by atoms with Crippen molar-refractivity contribution < 1.29 is 14.3 Å². The molecular formula is C20H30N2O3. The van der Waals surface area contributed by atoms with E-state index in [1.807, 2.05) is 32.0 Å². The minimum absolute atomic E-state index is 0.0262. The van der Waals surface area contributed by atoms with Crippen LogP contribution in [-0.2, 0) is 11.3 Å². The average molecular weight is 346 g/mol. The first-order valence-corrected chi connectivity index (χ1v) is 9.08. The van der Waals surface area contributed by atoms with Crippen molar-refractivity contribution in [3.8, 4) is 5.75 Å². The van der Waals surface area contributed by atoms with Crippen molar-refractivity contribution in [3.63, 3.8) is 0 Å². The fourth-order valence-corrected chi connectivity index (χ4v) is 3.27. The molecule has 1 atom stereocenters. The van der Waals surface area contributed by atoms with E-state index in [2.05, 4.69) is 10.2 Å². The maximum atomic E-state index is 11.8. The first-order valence-electron chi connectivity index (χ1n) is 9.08. The lowest BCUT2D eigenvalue weighted by Crippen LogP contribution is -2.41. The molecule has 1 aromatic carbocycles. The van der Waals surface area contributed by atoms with Gasteiger partial charge in [-0.1, -0.05) is 13.8 Å². The monoisotopic (exact) mass is 346 g/mol. The van der Waals surface area contributed by atoms with E-state index < -0.39 is 0 Å². The smallest absolute Gasteiger partial charge is 0.222 e. The van der Waals surface area contributed by atoms with Gasteiger partial charge >= 0.3 is 0 Å². The van der Waals surface area contributed by atoms with Gasteiger partial charge in [0.25, 0.3) is 0 Å². The molecule has 0 aromatic heterocycles. The number of carbonyl (C=O) groups excluding carboxylic acids is 2. The first kappa shape index (κ1) is 19.4. The van der Waals surface area contributed by atoms with Crippen LogP contribution >= 0.6 is 0 Å². The van der Waals surface area contributed by atoms with Crippen LogP contribution in [0.2, 0.25) is 0 Å². The number of benzene rings is 1. The number of ether oxygens (including phenoxy) is 1. The summed E-state index contributed by atoms with van der Waals surface area (Å²) in [6.07, 6.45) is 2.26. The molecule has 0 bridgehead atoms. The Morgan fingerprint density at radius 2 is 2.12 bits per heavy atom. The van der Waals surface area contributed by atoms with E-state index in [-0.39, 0.29) is 17.6 Å². The van der Waals surface area contributed by atoms with Gasteiger partial charge in [-0.3, -0.25) is 14.5 Å². The molecule has 0 saturated carbocycles. The number of methoxy groups -OCH3 is 1. The number of nitrogens with one attached hydrogen (secondary N) is 1. The standard InChI is InChI=1S/C20H30N2O3/c1-14(2)20(24)21-11-16-6-5-9-22(12-16)13-18-10-17(15(3)23)7-8-19(18)25-4/h7-8,10,14,16H,5-6,9,11-13H2,1-4H3,(H,21,24)/t16-/m1/s1. The number of piperidine rings is 1. The maximum absolute atomic E-state index is 11.8. The van der Waals surface area contributed by atoms with E-state index in [0.717, 1.165) is 50.3 Å². The van der Waals surface area contributed by atoms with Gasteiger partial charge in [0, 0.05) is 36.7 Å². The Hall–Kier alpha value is -1.88. The zero-order chi connectivity index (χ0) is 18.4. The number of hydrogen-bond acceptors (Lipinski definition) is 4. The van der Waals surface area contributed by atoms with Gasteiger partial charge in [0.2, 0.25) is 5.91 Å². The molecule has 1 aliphatic heterocycles. The second-order valence-corrected chi connectivity index (χ2v) is 7.23. The van der Waals surface area contributed by atoms with Crippen molar-refractivity contribution in [2.45, 2.75) is 40.2 Å². The van der Waals surface area contributed by atoms with Crippen molar-refractivity contribution in [2.75, 3.05) is 26.7 Å². The van der Waals surface area contributed by atoms with Gasteiger partial charge in [-0.25, -0.2) is 0 Å². The number of rotatable bonds is 7. The van der Waals surface area contributed by atoms with E-state index in [4.69, 9.17) is 4.74 Å². The highest BCUT2D eigenvalue weighted by atomic mass is 16.5. The van der Waals surface area contributed by atoms with Gasteiger partial charge in [-0.15, -0.1) is 0 Å². The van der Waals surface area contributed by atoms with Gasteiger partial charge in [0.05, 0.1) is 7.11 Å². The van der Waals surface area contributed by atoms with Gasteiger partial charge in [0.1, 0.15) is 5.75 Å². The Labute approximate surface area is 150 Å².